The van der Waals surface area contributed by atoms with Gasteiger partial charge in [0.15, 0.2) is 0 Å². The second-order valence-corrected chi connectivity index (χ2v) is 9.18. The van der Waals surface area contributed by atoms with Crippen LogP contribution in [-0.4, -0.2) is 38.8 Å². The summed E-state index contributed by atoms with van der Waals surface area (Å²) in [6.07, 6.45) is 10.9. The second kappa shape index (κ2) is 14.0. The Morgan fingerprint density at radius 1 is 0.943 bits per heavy atom. The molecule has 0 radical (unpaired) electrons. The summed E-state index contributed by atoms with van der Waals surface area (Å²) in [6, 6.07) is 12.4. The van der Waals surface area contributed by atoms with Gasteiger partial charge in [-0.1, -0.05) is 25.7 Å². The molecule has 0 aliphatic heterocycles. The lowest BCUT2D eigenvalue weighted by Crippen LogP contribution is -2.41. The molecule has 192 valence electrons. The van der Waals surface area contributed by atoms with Crippen LogP contribution in [0.5, 0.6) is 17.2 Å². The third kappa shape index (κ3) is 7.61. The van der Waals surface area contributed by atoms with Crippen LogP contribution in [0.1, 0.15) is 64.2 Å². The van der Waals surface area contributed by atoms with Crippen LogP contribution >= 0.6 is 0 Å². The molecule has 1 amide bonds. The number of hydrogen-bond acceptors (Lipinski definition) is 6. The van der Waals surface area contributed by atoms with Crippen molar-refractivity contribution in [3.05, 3.63) is 42.5 Å². The van der Waals surface area contributed by atoms with Gasteiger partial charge in [0.25, 0.3) is 0 Å². The van der Waals surface area contributed by atoms with Gasteiger partial charge in [-0.05, 0) is 81.5 Å². The number of anilines is 2. The lowest BCUT2D eigenvalue weighted by molar-refractivity contribution is -0.119. The lowest BCUT2D eigenvalue weighted by atomic mass is 9.98. The molecular formula is C28H41N3O4. The van der Waals surface area contributed by atoms with Gasteiger partial charge in [-0.2, -0.15) is 0 Å². The van der Waals surface area contributed by atoms with Crippen LogP contribution in [0, 0.1) is 0 Å². The minimum atomic E-state index is -0.654. The van der Waals surface area contributed by atoms with Crippen molar-refractivity contribution in [2.45, 2.75) is 76.4 Å². The van der Waals surface area contributed by atoms with E-state index in [-0.39, 0.29) is 12.0 Å². The molecule has 4 N–H and O–H groups in total. The molecule has 0 aromatic heterocycles. The van der Waals surface area contributed by atoms with Gasteiger partial charge >= 0.3 is 0 Å². The van der Waals surface area contributed by atoms with Crippen molar-refractivity contribution >= 4 is 17.3 Å². The summed E-state index contributed by atoms with van der Waals surface area (Å²) >= 11 is 0. The fourth-order valence-corrected chi connectivity index (χ4v) is 4.56. The standard InChI is InChI=1S/C28H41N3O4/c1-33-24-17-18-26(27(20-24)34-2)31(28(32)25(30)12-8-9-19-29)21-13-15-23(16-14-21)35-22-10-6-4-3-5-7-11-22/h13-18,20,22,25H,3-12,19,29-30H2,1-2H3. The Morgan fingerprint density at radius 2 is 1.60 bits per heavy atom. The first-order valence-corrected chi connectivity index (χ1v) is 12.9. The van der Waals surface area contributed by atoms with Crippen molar-refractivity contribution in [3.63, 3.8) is 0 Å². The van der Waals surface area contributed by atoms with Gasteiger partial charge in [0.05, 0.1) is 32.1 Å². The maximum Gasteiger partial charge on any atom is 0.248 e. The third-order valence-corrected chi connectivity index (χ3v) is 6.58. The summed E-state index contributed by atoms with van der Waals surface area (Å²) in [7, 11) is 3.17. The Morgan fingerprint density at radius 3 is 2.23 bits per heavy atom. The second-order valence-electron chi connectivity index (χ2n) is 9.18. The topological polar surface area (TPSA) is 100 Å². The van der Waals surface area contributed by atoms with Crippen molar-refractivity contribution in [2.75, 3.05) is 25.7 Å². The minimum Gasteiger partial charge on any atom is -0.497 e. The molecular weight excluding hydrogens is 442 g/mol. The number of hydrogen-bond donors (Lipinski definition) is 2. The highest BCUT2D eigenvalue weighted by atomic mass is 16.5. The zero-order chi connectivity index (χ0) is 25.0. The Bertz CT molecular complexity index is 911. The van der Waals surface area contributed by atoms with Crippen molar-refractivity contribution in [2.24, 2.45) is 11.5 Å². The van der Waals surface area contributed by atoms with Crippen LogP contribution in [-0.2, 0) is 4.79 Å². The van der Waals surface area contributed by atoms with Gasteiger partial charge < -0.3 is 25.7 Å². The number of nitrogens with zero attached hydrogens (tertiary/aromatic N) is 1. The molecule has 1 fully saturated rings. The fraction of sp³-hybridized carbons (Fsp3) is 0.536. The zero-order valence-corrected chi connectivity index (χ0v) is 21.2. The summed E-state index contributed by atoms with van der Waals surface area (Å²) in [5.74, 6) is 1.80. The van der Waals surface area contributed by atoms with E-state index in [0.717, 1.165) is 31.4 Å². The number of rotatable bonds is 11. The average Bonchev–Trinajstić information content (AvgIpc) is 2.86. The molecule has 0 spiro atoms. The summed E-state index contributed by atoms with van der Waals surface area (Å²) in [6.45, 7) is 0.583. The molecule has 2 aromatic rings. The maximum atomic E-state index is 13.6. The van der Waals surface area contributed by atoms with Gasteiger partial charge in [-0.3, -0.25) is 9.69 Å². The smallest absolute Gasteiger partial charge is 0.248 e. The molecule has 2 aromatic carbocycles. The quantitative estimate of drug-likeness (QED) is 0.420. The molecule has 35 heavy (non-hydrogen) atoms. The van der Waals surface area contributed by atoms with Gasteiger partial charge in [0.1, 0.15) is 17.2 Å². The molecule has 3 rings (SSSR count). The number of carbonyl (C=O) groups excluding carboxylic acids is 1. The van der Waals surface area contributed by atoms with Crippen LogP contribution in [0.3, 0.4) is 0 Å². The van der Waals surface area contributed by atoms with Crippen LogP contribution < -0.4 is 30.6 Å². The molecule has 0 saturated heterocycles. The van der Waals surface area contributed by atoms with Gasteiger partial charge in [-0.25, -0.2) is 0 Å². The Labute approximate surface area is 209 Å². The number of ether oxygens (including phenoxy) is 3. The number of nitrogens with two attached hydrogens (primary N) is 2. The molecule has 1 atom stereocenters. The third-order valence-electron chi connectivity index (χ3n) is 6.58. The van der Waals surface area contributed by atoms with Crippen molar-refractivity contribution in [1.29, 1.82) is 0 Å². The molecule has 1 saturated carbocycles. The molecule has 1 unspecified atom stereocenters. The van der Waals surface area contributed by atoms with E-state index >= 15 is 0 Å². The zero-order valence-electron chi connectivity index (χ0n) is 21.2. The highest BCUT2D eigenvalue weighted by Crippen LogP contribution is 2.38. The lowest BCUT2D eigenvalue weighted by Gasteiger charge is -2.28. The maximum absolute atomic E-state index is 13.6. The van der Waals surface area contributed by atoms with Gasteiger partial charge in [-0.15, -0.1) is 0 Å². The molecule has 1 aliphatic rings. The molecule has 7 nitrogen and oxygen atoms in total. The van der Waals surface area contributed by atoms with E-state index in [1.54, 1.807) is 25.2 Å². The predicted molar refractivity (Wildman–Crippen MR) is 141 cm³/mol. The van der Waals surface area contributed by atoms with Crippen LogP contribution in [0.25, 0.3) is 0 Å². The van der Waals surface area contributed by atoms with Crippen molar-refractivity contribution in [3.8, 4) is 17.2 Å². The summed E-state index contributed by atoms with van der Waals surface area (Å²) in [5, 5.41) is 0. The van der Waals surface area contributed by atoms with E-state index in [4.69, 9.17) is 25.7 Å². The first kappa shape index (κ1) is 26.8. The van der Waals surface area contributed by atoms with Crippen molar-refractivity contribution < 1.29 is 19.0 Å². The Balaban J connectivity index is 1.86. The van der Waals surface area contributed by atoms with E-state index in [1.807, 2.05) is 36.4 Å². The largest absolute Gasteiger partial charge is 0.497 e. The number of unbranched alkanes of at least 4 members (excludes halogenated alkanes) is 1. The van der Waals surface area contributed by atoms with E-state index in [0.29, 0.717) is 35.8 Å². The Hall–Kier alpha value is -2.77. The first-order chi connectivity index (χ1) is 17.1. The molecule has 7 heteroatoms. The van der Waals surface area contributed by atoms with Crippen LogP contribution in [0.15, 0.2) is 42.5 Å². The van der Waals surface area contributed by atoms with Gasteiger partial charge in [0.2, 0.25) is 5.91 Å². The van der Waals surface area contributed by atoms with Gasteiger partial charge in [0, 0.05) is 11.8 Å². The number of methoxy groups -OCH3 is 2. The normalized spacial score (nSPS) is 15.5. The van der Waals surface area contributed by atoms with Crippen LogP contribution in [0.2, 0.25) is 0 Å². The van der Waals surface area contributed by atoms with E-state index in [2.05, 4.69) is 0 Å². The monoisotopic (exact) mass is 483 g/mol. The minimum absolute atomic E-state index is 0.195. The number of amides is 1. The highest BCUT2D eigenvalue weighted by molar-refractivity contribution is 6.04. The molecule has 0 bridgehead atoms. The predicted octanol–water partition coefficient (Wildman–Crippen LogP) is 5.32. The van der Waals surface area contributed by atoms with E-state index in [9.17, 15) is 4.79 Å². The average molecular weight is 484 g/mol. The first-order valence-electron chi connectivity index (χ1n) is 12.9. The van der Waals surface area contributed by atoms with Crippen LogP contribution in [0.4, 0.5) is 11.4 Å². The highest BCUT2D eigenvalue weighted by Gasteiger charge is 2.27. The number of benzene rings is 2. The fourth-order valence-electron chi connectivity index (χ4n) is 4.56. The SMILES string of the molecule is COc1ccc(N(C(=O)C(N)CCCCN)c2ccc(OC3CCCCCCC3)cc2)c(OC)c1. The molecule has 0 heterocycles. The van der Waals surface area contributed by atoms with E-state index in [1.165, 1.54) is 32.1 Å². The number of carbonyl (C=O) groups is 1. The van der Waals surface area contributed by atoms with Crippen molar-refractivity contribution in [1.82, 2.24) is 0 Å². The summed E-state index contributed by atoms with van der Waals surface area (Å²) < 4.78 is 17.2. The summed E-state index contributed by atoms with van der Waals surface area (Å²) in [5.41, 5.74) is 13.3. The van der Waals surface area contributed by atoms with E-state index < -0.39 is 6.04 Å². The summed E-state index contributed by atoms with van der Waals surface area (Å²) in [4.78, 5) is 15.2. The molecule has 1 aliphatic carbocycles. The Kier molecular flexibility index (Phi) is 10.7.